The van der Waals surface area contributed by atoms with E-state index in [4.69, 9.17) is 0 Å². The quantitative estimate of drug-likeness (QED) is 0.0348. The average molecular weight is 827 g/mol. The van der Waals surface area contributed by atoms with Crippen LogP contribution in [0.15, 0.2) is 9.98 Å². The summed E-state index contributed by atoms with van der Waals surface area (Å²) in [6.45, 7) is 1.34. The summed E-state index contributed by atoms with van der Waals surface area (Å²) >= 11 is 0. The predicted octanol–water partition coefficient (Wildman–Crippen LogP) is 19.6. The third-order valence-corrected chi connectivity index (χ3v) is 13.2. The molecule has 0 rings (SSSR count). The van der Waals surface area contributed by atoms with E-state index in [1.165, 1.54) is 315 Å². The van der Waals surface area contributed by atoms with Crippen LogP contribution in [0.5, 0.6) is 0 Å². The van der Waals surface area contributed by atoms with Gasteiger partial charge in [0, 0.05) is 0 Å². The van der Waals surface area contributed by atoms with Crippen LogP contribution in [0.3, 0.4) is 0 Å². The van der Waals surface area contributed by atoms with Crippen LogP contribution in [0.1, 0.15) is 327 Å². The van der Waals surface area contributed by atoms with Crippen molar-refractivity contribution in [2.45, 2.75) is 327 Å². The highest BCUT2D eigenvalue weighted by Crippen LogP contribution is 2.19. The summed E-state index contributed by atoms with van der Waals surface area (Å²) in [6, 6.07) is 0. The molecule has 0 N–H and O–H groups in total. The largest absolute Gasteiger partial charge is 0.234 e. The predicted molar refractivity (Wildman–Crippen MR) is 261 cm³/mol. The molecule has 0 amide bonds. The first-order valence-corrected chi connectivity index (χ1v) is 27.5. The van der Waals surface area contributed by atoms with Gasteiger partial charge >= 0.3 is 0 Å². The maximum absolute atomic E-state index is 10.0. The monoisotopic (exact) mass is 827 g/mol. The number of aliphatic imine (C=N–C) groups is 2. The summed E-state index contributed by atoms with van der Waals surface area (Å²) in [5.41, 5.74) is 0. The second-order valence-electron chi connectivity index (χ2n) is 19.0. The van der Waals surface area contributed by atoms with Crippen molar-refractivity contribution in [2.75, 3.05) is 13.1 Å². The Bertz CT molecular complexity index is 780. The van der Waals surface area contributed by atoms with E-state index in [1.807, 2.05) is 0 Å². The van der Waals surface area contributed by atoms with Crippen molar-refractivity contribution in [3.05, 3.63) is 0 Å². The van der Waals surface area contributed by atoms with Crippen molar-refractivity contribution < 1.29 is 9.59 Å². The number of nitrogens with zero attached hydrogens (tertiary/aromatic N) is 2. The van der Waals surface area contributed by atoms with E-state index in [2.05, 4.69) is 9.98 Å². The Balaban J connectivity index is 3.07. The van der Waals surface area contributed by atoms with E-state index in [-0.39, 0.29) is 0 Å². The summed E-state index contributed by atoms with van der Waals surface area (Å²) in [7, 11) is 0. The SMILES string of the molecule is O=C=NCCCCCCCCCCCCCCCCCCCCCCCCCCCCCCCCCCCCCCCCCCCCCCCCCCCCCN=C=O. The molecule has 0 saturated heterocycles. The van der Waals surface area contributed by atoms with E-state index >= 15 is 0 Å². The normalized spacial score (nSPS) is 11.3. The van der Waals surface area contributed by atoms with Gasteiger partial charge in [0.1, 0.15) is 0 Å². The highest BCUT2D eigenvalue weighted by atomic mass is 16.1. The molecule has 0 atom stereocenters. The third kappa shape index (κ3) is 56.8. The minimum atomic E-state index is 0.668. The standard InChI is InChI=1S/C55H106N2O2/c58-54-56-52-50-48-46-44-42-40-38-36-34-32-30-28-26-24-22-20-18-16-14-12-10-8-6-4-2-1-3-5-7-9-11-13-15-17-19-21-23-25-27-29-31-33-35-37-39-41-43-45-47-49-51-53-57-55-59/h1-53H2. The molecule has 4 heteroatoms. The lowest BCUT2D eigenvalue weighted by atomic mass is 10.0. The third-order valence-electron chi connectivity index (χ3n) is 13.2. The molecule has 0 spiro atoms. The molecule has 0 radical (unpaired) electrons. The summed E-state index contributed by atoms with van der Waals surface area (Å²) < 4.78 is 0. The first-order valence-electron chi connectivity index (χ1n) is 27.5. The van der Waals surface area contributed by atoms with Crippen molar-refractivity contribution >= 4 is 12.2 Å². The van der Waals surface area contributed by atoms with Gasteiger partial charge < -0.3 is 0 Å². The molecule has 0 aromatic rings. The van der Waals surface area contributed by atoms with Gasteiger partial charge in [0.2, 0.25) is 12.2 Å². The van der Waals surface area contributed by atoms with Gasteiger partial charge in [-0.1, -0.05) is 315 Å². The Morgan fingerprint density at radius 2 is 0.237 bits per heavy atom. The van der Waals surface area contributed by atoms with E-state index in [1.54, 1.807) is 12.2 Å². The van der Waals surface area contributed by atoms with E-state index in [9.17, 15) is 9.59 Å². The van der Waals surface area contributed by atoms with Gasteiger partial charge in [-0.25, -0.2) is 19.6 Å². The first-order chi connectivity index (χ1) is 29.4. The van der Waals surface area contributed by atoms with Gasteiger partial charge in [0.05, 0.1) is 13.1 Å². The first kappa shape index (κ1) is 57.8. The minimum absolute atomic E-state index is 0.668. The molecule has 0 heterocycles. The van der Waals surface area contributed by atoms with Crippen LogP contribution in [0.4, 0.5) is 0 Å². The van der Waals surface area contributed by atoms with Crippen molar-refractivity contribution in [3.8, 4) is 0 Å². The Morgan fingerprint density at radius 1 is 0.153 bits per heavy atom. The Labute approximate surface area is 371 Å². The molecule has 0 saturated carbocycles. The number of unbranched alkanes of at least 4 members (excludes halogenated alkanes) is 50. The molecule has 0 aromatic carbocycles. The molecule has 0 aromatic heterocycles. The highest BCUT2D eigenvalue weighted by molar-refractivity contribution is 5.32. The zero-order valence-electron chi connectivity index (χ0n) is 40.2. The summed E-state index contributed by atoms with van der Waals surface area (Å²) in [6.07, 6.45) is 75.9. The molecule has 59 heavy (non-hydrogen) atoms. The van der Waals surface area contributed by atoms with Crippen molar-refractivity contribution in [2.24, 2.45) is 9.98 Å². The van der Waals surface area contributed by atoms with E-state index in [0.717, 1.165) is 12.8 Å². The van der Waals surface area contributed by atoms with Crippen LogP contribution in [0.25, 0.3) is 0 Å². The molecule has 348 valence electrons. The lowest BCUT2D eigenvalue weighted by Crippen LogP contribution is -1.85. The number of hydrogen-bond acceptors (Lipinski definition) is 4. The number of rotatable bonds is 54. The number of isocyanates is 2. The summed E-state index contributed by atoms with van der Waals surface area (Å²) in [5, 5.41) is 0. The van der Waals surface area contributed by atoms with Gasteiger partial charge in [0.15, 0.2) is 0 Å². The van der Waals surface area contributed by atoms with Gasteiger partial charge in [-0.05, 0) is 12.8 Å². The number of carbonyl (C=O) groups excluding carboxylic acids is 2. The zero-order chi connectivity index (χ0) is 42.3. The van der Waals surface area contributed by atoms with Crippen LogP contribution in [0, 0.1) is 0 Å². The Morgan fingerprint density at radius 3 is 0.322 bits per heavy atom. The minimum Gasteiger partial charge on any atom is -0.211 e. The van der Waals surface area contributed by atoms with E-state index < -0.39 is 0 Å². The Kier molecular flexibility index (Phi) is 55.6. The molecule has 0 aliphatic carbocycles. The zero-order valence-corrected chi connectivity index (χ0v) is 40.2. The molecule has 4 nitrogen and oxygen atoms in total. The molecular formula is C55H106N2O2. The van der Waals surface area contributed by atoms with Gasteiger partial charge in [-0.15, -0.1) is 0 Å². The molecule has 0 unspecified atom stereocenters. The lowest BCUT2D eigenvalue weighted by molar-refractivity contribution is 0.507. The molecule has 0 aliphatic heterocycles. The second kappa shape index (κ2) is 56.8. The highest BCUT2D eigenvalue weighted by Gasteiger charge is 1.99. The Hall–Kier alpha value is -1.24. The van der Waals surface area contributed by atoms with Crippen LogP contribution < -0.4 is 0 Å². The van der Waals surface area contributed by atoms with Crippen molar-refractivity contribution in [1.29, 1.82) is 0 Å². The molecule has 0 aliphatic rings. The van der Waals surface area contributed by atoms with E-state index in [0.29, 0.717) is 13.1 Å². The second-order valence-corrected chi connectivity index (χ2v) is 19.0. The molecule has 0 bridgehead atoms. The van der Waals surface area contributed by atoms with Gasteiger partial charge in [0.25, 0.3) is 0 Å². The average Bonchev–Trinajstić information content (AvgIpc) is 3.25. The van der Waals surface area contributed by atoms with Gasteiger partial charge in [-0.3, -0.25) is 0 Å². The lowest BCUT2D eigenvalue weighted by Gasteiger charge is -2.05. The topological polar surface area (TPSA) is 58.9 Å². The number of hydrogen-bond donors (Lipinski definition) is 0. The maximum Gasteiger partial charge on any atom is 0.234 e. The fourth-order valence-corrected chi connectivity index (χ4v) is 9.14. The van der Waals surface area contributed by atoms with Crippen LogP contribution >= 0.6 is 0 Å². The smallest absolute Gasteiger partial charge is 0.211 e. The van der Waals surface area contributed by atoms with Crippen LogP contribution in [-0.2, 0) is 9.59 Å². The van der Waals surface area contributed by atoms with Crippen molar-refractivity contribution in [1.82, 2.24) is 0 Å². The van der Waals surface area contributed by atoms with Gasteiger partial charge in [-0.2, -0.15) is 0 Å². The van der Waals surface area contributed by atoms with Crippen molar-refractivity contribution in [3.63, 3.8) is 0 Å². The fraction of sp³-hybridized carbons (Fsp3) is 0.964. The van der Waals surface area contributed by atoms with Crippen LogP contribution in [-0.4, -0.2) is 25.2 Å². The molecule has 0 fully saturated rings. The molecular weight excluding hydrogens is 721 g/mol. The van der Waals surface area contributed by atoms with Crippen LogP contribution in [0.2, 0.25) is 0 Å². The summed E-state index contributed by atoms with van der Waals surface area (Å²) in [5.74, 6) is 0. The summed E-state index contributed by atoms with van der Waals surface area (Å²) in [4.78, 5) is 27.3. The fourth-order valence-electron chi connectivity index (χ4n) is 9.14. The maximum atomic E-state index is 10.0.